The highest BCUT2D eigenvalue weighted by atomic mass is 16.6. The van der Waals surface area contributed by atoms with Gasteiger partial charge in [-0.3, -0.25) is 25.0 Å². The number of nitro benzene ring substituents is 2. The highest BCUT2D eigenvalue weighted by Crippen LogP contribution is 2.39. The summed E-state index contributed by atoms with van der Waals surface area (Å²) in [5, 5.41) is 38.3. The minimum absolute atomic E-state index is 0.0534. The fraction of sp³-hybridized carbons (Fsp3) is 0.391. The first-order chi connectivity index (χ1) is 17.7. The summed E-state index contributed by atoms with van der Waals surface area (Å²) >= 11 is 0. The van der Waals surface area contributed by atoms with Gasteiger partial charge in [-0.05, 0) is 18.9 Å². The topological polar surface area (TPSA) is 205 Å². The van der Waals surface area contributed by atoms with Gasteiger partial charge >= 0.3 is 0 Å². The predicted octanol–water partition coefficient (Wildman–Crippen LogP) is 2.95. The van der Waals surface area contributed by atoms with Gasteiger partial charge in [-0.2, -0.15) is 5.26 Å². The minimum atomic E-state index is -0.823. The number of anilines is 2. The number of benzene rings is 2. The summed E-state index contributed by atoms with van der Waals surface area (Å²) in [6, 6.07) is 6.68. The van der Waals surface area contributed by atoms with E-state index < -0.39 is 15.8 Å². The van der Waals surface area contributed by atoms with E-state index in [1.54, 1.807) is 0 Å². The van der Waals surface area contributed by atoms with Gasteiger partial charge in [0.25, 0.3) is 11.4 Å². The van der Waals surface area contributed by atoms with E-state index in [1.165, 1.54) is 25.3 Å². The molecule has 2 aromatic rings. The highest BCUT2D eigenvalue weighted by molar-refractivity contribution is 5.95. The summed E-state index contributed by atoms with van der Waals surface area (Å²) in [4.78, 5) is 33.6. The molecular weight excluding hydrogens is 488 g/mol. The van der Waals surface area contributed by atoms with Gasteiger partial charge in [0.15, 0.2) is 17.1 Å². The van der Waals surface area contributed by atoms with E-state index in [0.717, 1.165) is 6.07 Å². The Kier molecular flexibility index (Phi) is 9.00. The molecule has 1 atom stereocenters. The summed E-state index contributed by atoms with van der Waals surface area (Å²) in [6.45, 7) is 1.15. The standard InChI is InChI=1S/C23H26N6O8/c1-35-6-3-7-36-20-11-15(23(25)30)10-18(29(33)34)21(20)26-5-2-4-16-13-37-19-9-14(12-24)8-17(28(31)32)22(19)27-16/h8-11,16,26-27H,2-7,13H2,1H3,(H2,25,30)/t16-/m0/s1. The fourth-order valence-corrected chi connectivity index (χ4v) is 3.79. The maximum Gasteiger partial charge on any atom is 0.297 e. The number of carbonyl (C=O) groups is 1. The zero-order valence-corrected chi connectivity index (χ0v) is 20.0. The summed E-state index contributed by atoms with van der Waals surface area (Å²) < 4.78 is 16.3. The van der Waals surface area contributed by atoms with Crippen LogP contribution in [-0.4, -0.2) is 55.3 Å². The van der Waals surface area contributed by atoms with Crippen molar-refractivity contribution in [2.45, 2.75) is 25.3 Å². The van der Waals surface area contributed by atoms with E-state index in [4.69, 9.17) is 25.2 Å². The van der Waals surface area contributed by atoms with Gasteiger partial charge in [-0.25, -0.2) is 0 Å². The number of hydrogen-bond donors (Lipinski definition) is 3. The molecule has 2 aromatic carbocycles. The van der Waals surface area contributed by atoms with Crippen LogP contribution in [0.1, 0.15) is 35.2 Å². The van der Waals surface area contributed by atoms with E-state index in [9.17, 15) is 25.0 Å². The number of amides is 1. The first-order valence-electron chi connectivity index (χ1n) is 11.3. The van der Waals surface area contributed by atoms with Crippen molar-refractivity contribution in [3.63, 3.8) is 0 Å². The molecule has 4 N–H and O–H groups in total. The third-order valence-electron chi connectivity index (χ3n) is 5.54. The second-order valence-electron chi connectivity index (χ2n) is 8.14. The van der Waals surface area contributed by atoms with Gasteiger partial charge in [0.1, 0.15) is 12.4 Å². The molecule has 0 unspecified atom stereocenters. The lowest BCUT2D eigenvalue weighted by Gasteiger charge is -2.27. The van der Waals surface area contributed by atoms with Crippen LogP contribution < -0.4 is 25.8 Å². The van der Waals surface area contributed by atoms with E-state index in [1.807, 2.05) is 6.07 Å². The molecule has 0 bridgehead atoms. The Morgan fingerprint density at radius 2 is 1.97 bits per heavy atom. The normalized spacial score (nSPS) is 13.9. The van der Waals surface area contributed by atoms with E-state index in [0.29, 0.717) is 32.4 Å². The average molecular weight is 514 g/mol. The van der Waals surface area contributed by atoms with Crippen LogP contribution >= 0.6 is 0 Å². The Bertz CT molecular complexity index is 1230. The number of hydrogen-bond acceptors (Lipinski definition) is 11. The van der Waals surface area contributed by atoms with Crippen LogP contribution in [0.2, 0.25) is 0 Å². The molecule has 0 spiro atoms. The molecule has 1 aliphatic rings. The lowest BCUT2D eigenvalue weighted by Crippen LogP contribution is -2.32. The van der Waals surface area contributed by atoms with Crippen molar-refractivity contribution < 1.29 is 28.9 Å². The first-order valence-corrected chi connectivity index (χ1v) is 11.3. The van der Waals surface area contributed by atoms with Crippen molar-refractivity contribution in [1.29, 1.82) is 5.26 Å². The molecular formula is C23H26N6O8. The molecule has 0 aliphatic carbocycles. The van der Waals surface area contributed by atoms with Gasteiger partial charge in [-0.15, -0.1) is 0 Å². The molecule has 14 nitrogen and oxygen atoms in total. The van der Waals surface area contributed by atoms with Crippen molar-refractivity contribution in [2.75, 3.05) is 44.1 Å². The van der Waals surface area contributed by atoms with Gasteiger partial charge in [0.2, 0.25) is 5.91 Å². The number of rotatable bonds is 13. The number of nitrogens with zero attached hydrogens (tertiary/aromatic N) is 3. The number of nitrogens with one attached hydrogen (secondary N) is 2. The van der Waals surface area contributed by atoms with Crippen LogP contribution in [0.5, 0.6) is 11.5 Å². The van der Waals surface area contributed by atoms with Crippen LogP contribution in [0.15, 0.2) is 24.3 Å². The second kappa shape index (κ2) is 12.4. The second-order valence-corrected chi connectivity index (χ2v) is 8.14. The van der Waals surface area contributed by atoms with Gasteiger partial charge in [0, 0.05) is 50.4 Å². The lowest BCUT2D eigenvalue weighted by molar-refractivity contribution is -0.384. The van der Waals surface area contributed by atoms with Crippen molar-refractivity contribution in [3.05, 3.63) is 55.6 Å². The maximum absolute atomic E-state index is 11.7. The van der Waals surface area contributed by atoms with Crippen LogP contribution in [0.25, 0.3) is 0 Å². The van der Waals surface area contributed by atoms with Gasteiger partial charge in [0.05, 0.1) is 34.1 Å². The number of nitriles is 1. The number of nitro groups is 2. The zero-order valence-electron chi connectivity index (χ0n) is 20.0. The maximum atomic E-state index is 11.7. The van der Waals surface area contributed by atoms with Crippen LogP contribution in [0, 0.1) is 31.6 Å². The number of ether oxygens (including phenoxy) is 3. The molecule has 3 rings (SSSR count). The quantitative estimate of drug-likeness (QED) is 0.201. The molecule has 14 heteroatoms. The predicted molar refractivity (Wildman–Crippen MR) is 132 cm³/mol. The number of fused-ring (bicyclic) bond motifs is 1. The third-order valence-corrected chi connectivity index (χ3v) is 5.54. The van der Waals surface area contributed by atoms with E-state index in [2.05, 4.69) is 10.6 Å². The van der Waals surface area contributed by atoms with Gasteiger partial charge in [-0.1, -0.05) is 0 Å². The Morgan fingerprint density at radius 1 is 1.22 bits per heavy atom. The summed E-state index contributed by atoms with van der Waals surface area (Å²) in [7, 11) is 1.54. The highest BCUT2D eigenvalue weighted by Gasteiger charge is 2.28. The SMILES string of the molecule is COCCCOc1cc(C(N)=O)cc([N+](=O)[O-])c1NCCC[C@H]1COc2cc(C#N)cc([N+](=O)[O-])c2N1. The van der Waals surface area contributed by atoms with Crippen LogP contribution in [0.3, 0.4) is 0 Å². The summed E-state index contributed by atoms with van der Waals surface area (Å²) in [5.41, 5.74) is 5.12. The number of methoxy groups -OCH3 is 1. The fourth-order valence-electron chi connectivity index (χ4n) is 3.79. The monoisotopic (exact) mass is 514 g/mol. The molecule has 0 saturated heterocycles. The van der Waals surface area contributed by atoms with Crippen molar-refractivity contribution >= 4 is 28.7 Å². The van der Waals surface area contributed by atoms with E-state index in [-0.39, 0.29) is 64.6 Å². The minimum Gasteiger partial charge on any atom is -0.491 e. The Balaban J connectivity index is 1.69. The molecule has 1 amide bonds. The smallest absolute Gasteiger partial charge is 0.297 e. The third kappa shape index (κ3) is 6.73. The molecule has 0 radical (unpaired) electrons. The van der Waals surface area contributed by atoms with Crippen molar-refractivity contribution in [2.24, 2.45) is 5.73 Å². The Hall–Kier alpha value is -4.64. The molecule has 1 aliphatic heterocycles. The average Bonchev–Trinajstić information content (AvgIpc) is 2.88. The van der Waals surface area contributed by atoms with Crippen molar-refractivity contribution in [1.82, 2.24) is 0 Å². The molecule has 0 saturated carbocycles. The number of primary amides is 1. The van der Waals surface area contributed by atoms with Crippen LogP contribution in [-0.2, 0) is 4.74 Å². The largest absolute Gasteiger partial charge is 0.491 e. The van der Waals surface area contributed by atoms with Gasteiger partial charge < -0.3 is 30.6 Å². The molecule has 0 fully saturated rings. The Morgan fingerprint density at radius 3 is 2.62 bits per heavy atom. The van der Waals surface area contributed by atoms with Crippen LogP contribution in [0.4, 0.5) is 22.7 Å². The van der Waals surface area contributed by atoms with Crippen molar-refractivity contribution in [3.8, 4) is 17.6 Å². The molecule has 0 aromatic heterocycles. The zero-order chi connectivity index (χ0) is 26.9. The molecule has 1 heterocycles. The molecule has 196 valence electrons. The number of carbonyl (C=O) groups excluding carboxylic acids is 1. The summed E-state index contributed by atoms with van der Waals surface area (Å²) in [6.07, 6.45) is 1.56. The first kappa shape index (κ1) is 27.0. The lowest BCUT2D eigenvalue weighted by atomic mass is 10.1. The Labute approximate surface area is 211 Å². The molecule has 37 heavy (non-hydrogen) atoms. The summed E-state index contributed by atoms with van der Waals surface area (Å²) in [5.74, 6) is -0.465. The van der Waals surface area contributed by atoms with E-state index >= 15 is 0 Å². The number of nitrogens with two attached hydrogens (primary N) is 1.